The Bertz CT molecular complexity index is 322. The first-order chi connectivity index (χ1) is 8.39. The monoisotopic (exact) mass is 271 g/mol. The summed E-state index contributed by atoms with van der Waals surface area (Å²) in [5, 5.41) is 14.7. The summed E-state index contributed by atoms with van der Waals surface area (Å²) in [5.41, 5.74) is 1.45. The third kappa shape index (κ3) is 4.15. The molecule has 1 heterocycles. The van der Waals surface area contributed by atoms with Gasteiger partial charge in [0.05, 0.1) is 6.10 Å². The fourth-order valence-electron chi connectivity index (χ4n) is 2.05. The van der Waals surface area contributed by atoms with E-state index in [1.54, 1.807) is 0 Å². The van der Waals surface area contributed by atoms with Crippen LogP contribution >= 0.6 is 10.2 Å². The van der Waals surface area contributed by atoms with E-state index in [2.05, 4.69) is 56.1 Å². The molecule has 0 aliphatic carbocycles. The molecule has 1 N–H and O–H groups in total. The van der Waals surface area contributed by atoms with Gasteiger partial charge in [-0.2, -0.15) is 0 Å². The Labute approximate surface area is 114 Å². The van der Waals surface area contributed by atoms with Gasteiger partial charge in [-0.1, -0.05) is 26.8 Å². The van der Waals surface area contributed by atoms with Crippen molar-refractivity contribution in [3.63, 3.8) is 0 Å². The van der Waals surface area contributed by atoms with E-state index in [0.29, 0.717) is 0 Å². The van der Waals surface area contributed by atoms with Gasteiger partial charge in [-0.3, -0.25) is 4.31 Å². The van der Waals surface area contributed by atoms with Crippen LogP contribution in [0.25, 0.3) is 0 Å². The van der Waals surface area contributed by atoms with Gasteiger partial charge in [0.15, 0.2) is 0 Å². The second-order valence-electron chi connectivity index (χ2n) is 5.78. The van der Waals surface area contributed by atoms with Gasteiger partial charge in [0, 0.05) is 5.75 Å². The van der Waals surface area contributed by atoms with Crippen LogP contribution in [0.1, 0.15) is 40.0 Å². The van der Waals surface area contributed by atoms with Crippen molar-refractivity contribution in [2.75, 3.05) is 19.8 Å². The average Bonchev–Trinajstić information content (AvgIpc) is 2.71. The maximum atomic E-state index is 9.97. The van der Waals surface area contributed by atoms with Gasteiger partial charge in [0.2, 0.25) is 0 Å². The smallest absolute Gasteiger partial charge is 0.0630 e. The minimum Gasteiger partial charge on any atom is -0.392 e. The SMILES string of the molecule is CCC(O)CS1(N(C)C)C=CC(CCC(C)C)=C1. The van der Waals surface area contributed by atoms with Crippen molar-refractivity contribution in [3.8, 4) is 0 Å². The van der Waals surface area contributed by atoms with Crippen molar-refractivity contribution in [3.05, 3.63) is 22.5 Å². The first-order valence-corrected chi connectivity index (χ1v) is 8.83. The van der Waals surface area contributed by atoms with E-state index in [1.165, 1.54) is 18.4 Å². The molecular formula is C15H29NOS. The van der Waals surface area contributed by atoms with Crippen LogP contribution in [0.3, 0.4) is 0 Å². The molecule has 0 spiro atoms. The van der Waals surface area contributed by atoms with Gasteiger partial charge in [-0.15, -0.1) is 10.2 Å². The minimum absolute atomic E-state index is 0.187. The van der Waals surface area contributed by atoms with E-state index >= 15 is 0 Å². The van der Waals surface area contributed by atoms with Crippen molar-refractivity contribution >= 4 is 10.2 Å². The van der Waals surface area contributed by atoms with Crippen LogP contribution < -0.4 is 0 Å². The lowest BCUT2D eigenvalue weighted by Crippen LogP contribution is -2.24. The summed E-state index contributed by atoms with van der Waals surface area (Å²) in [6.45, 7) is 6.59. The van der Waals surface area contributed by atoms with Crippen molar-refractivity contribution in [2.24, 2.45) is 5.92 Å². The number of rotatable bonds is 7. The van der Waals surface area contributed by atoms with Gasteiger partial charge < -0.3 is 5.11 Å². The molecule has 3 heteroatoms. The highest BCUT2D eigenvalue weighted by atomic mass is 32.3. The fraction of sp³-hybridized carbons (Fsp3) is 0.733. The summed E-state index contributed by atoms with van der Waals surface area (Å²) >= 11 is 0. The van der Waals surface area contributed by atoms with E-state index in [4.69, 9.17) is 0 Å². The third-order valence-electron chi connectivity index (χ3n) is 3.49. The molecule has 2 nitrogen and oxygen atoms in total. The molecule has 0 aromatic carbocycles. The molecule has 1 aliphatic heterocycles. The lowest BCUT2D eigenvalue weighted by atomic mass is 10.0. The Kier molecular flexibility index (Phi) is 5.96. The molecule has 2 atom stereocenters. The fourth-order valence-corrected chi connectivity index (χ4v) is 5.07. The van der Waals surface area contributed by atoms with E-state index in [0.717, 1.165) is 18.1 Å². The number of hydrogen-bond donors (Lipinski definition) is 1. The van der Waals surface area contributed by atoms with Crippen molar-refractivity contribution in [1.82, 2.24) is 4.31 Å². The summed E-state index contributed by atoms with van der Waals surface area (Å²) in [7, 11) is 3.21. The molecule has 0 bridgehead atoms. The topological polar surface area (TPSA) is 23.5 Å². The first-order valence-electron chi connectivity index (χ1n) is 6.95. The predicted molar refractivity (Wildman–Crippen MR) is 83.7 cm³/mol. The molecular weight excluding hydrogens is 242 g/mol. The van der Waals surface area contributed by atoms with Crippen LogP contribution in [0.5, 0.6) is 0 Å². The summed E-state index contributed by atoms with van der Waals surface area (Å²) in [5.74, 6) is 1.63. The lowest BCUT2D eigenvalue weighted by molar-refractivity contribution is 0.194. The highest BCUT2D eigenvalue weighted by Gasteiger charge is 2.27. The molecule has 0 aromatic rings. The van der Waals surface area contributed by atoms with Gasteiger partial charge >= 0.3 is 0 Å². The Hall–Kier alpha value is -0.250. The highest BCUT2D eigenvalue weighted by Crippen LogP contribution is 2.58. The van der Waals surface area contributed by atoms with Crippen LogP contribution in [0.2, 0.25) is 0 Å². The number of aliphatic hydroxyl groups is 1. The maximum Gasteiger partial charge on any atom is 0.0630 e. The molecule has 1 aliphatic rings. The van der Waals surface area contributed by atoms with Crippen molar-refractivity contribution in [2.45, 2.75) is 46.1 Å². The molecule has 0 fully saturated rings. The zero-order valence-corrected chi connectivity index (χ0v) is 13.3. The molecule has 1 rings (SSSR count). The number of nitrogens with zero attached hydrogens (tertiary/aromatic N) is 1. The second-order valence-corrected chi connectivity index (χ2v) is 8.97. The predicted octanol–water partition coefficient (Wildman–Crippen LogP) is 3.89. The third-order valence-corrected chi connectivity index (χ3v) is 7.09. The summed E-state index contributed by atoms with van der Waals surface area (Å²) in [4.78, 5) is 0. The van der Waals surface area contributed by atoms with Gasteiger partial charge in [0.25, 0.3) is 0 Å². The largest absolute Gasteiger partial charge is 0.392 e. The van der Waals surface area contributed by atoms with Crippen LogP contribution in [0.4, 0.5) is 0 Å². The molecule has 0 saturated carbocycles. The van der Waals surface area contributed by atoms with Gasteiger partial charge in [0.1, 0.15) is 0 Å². The Morgan fingerprint density at radius 2 is 2.00 bits per heavy atom. The molecule has 0 amide bonds. The summed E-state index contributed by atoms with van der Waals surface area (Å²) in [6.07, 6.45) is 5.34. The zero-order chi connectivity index (χ0) is 13.8. The Morgan fingerprint density at radius 3 is 2.50 bits per heavy atom. The molecule has 0 aromatic heterocycles. The second kappa shape index (κ2) is 6.78. The van der Waals surface area contributed by atoms with Crippen molar-refractivity contribution in [1.29, 1.82) is 0 Å². The number of aliphatic hydroxyl groups excluding tert-OH is 1. The van der Waals surface area contributed by atoms with Gasteiger partial charge in [-0.25, -0.2) is 0 Å². The molecule has 0 radical (unpaired) electrons. The average molecular weight is 271 g/mol. The summed E-state index contributed by atoms with van der Waals surface area (Å²) < 4.78 is 2.30. The molecule has 106 valence electrons. The van der Waals surface area contributed by atoms with Crippen LogP contribution in [-0.4, -0.2) is 35.4 Å². The van der Waals surface area contributed by atoms with Crippen LogP contribution in [0.15, 0.2) is 22.5 Å². The van der Waals surface area contributed by atoms with Gasteiger partial charge in [-0.05, 0) is 55.7 Å². The highest BCUT2D eigenvalue weighted by molar-refractivity contribution is 8.36. The standard InChI is InChI=1S/C15H29NOS/c1-6-15(17)12-18(16(4)5)10-9-14(11-18)8-7-13(2)3/h9-11,13,15,17H,6-8,12H2,1-5H3. The molecule has 0 saturated heterocycles. The molecule has 18 heavy (non-hydrogen) atoms. The Balaban J connectivity index is 2.74. The van der Waals surface area contributed by atoms with E-state index in [-0.39, 0.29) is 6.10 Å². The normalized spacial score (nSPS) is 28.6. The van der Waals surface area contributed by atoms with Crippen LogP contribution in [-0.2, 0) is 0 Å². The van der Waals surface area contributed by atoms with E-state index in [1.807, 2.05) is 0 Å². The Morgan fingerprint density at radius 1 is 1.33 bits per heavy atom. The van der Waals surface area contributed by atoms with Crippen molar-refractivity contribution < 1.29 is 5.11 Å². The minimum atomic E-state index is -1.05. The maximum absolute atomic E-state index is 9.97. The zero-order valence-electron chi connectivity index (χ0n) is 12.5. The lowest BCUT2D eigenvalue weighted by Gasteiger charge is -2.40. The van der Waals surface area contributed by atoms with Crippen LogP contribution in [0, 0.1) is 5.92 Å². The van der Waals surface area contributed by atoms with E-state index in [9.17, 15) is 5.11 Å². The molecule has 2 unspecified atom stereocenters. The summed E-state index contributed by atoms with van der Waals surface area (Å²) in [6, 6.07) is 0. The van der Waals surface area contributed by atoms with E-state index < -0.39 is 10.2 Å². The number of allylic oxidation sites excluding steroid dienone is 2. The quantitative estimate of drug-likeness (QED) is 0.759. The first kappa shape index (κ1) is 15.8. The number of hydrogen-bond acceptors (Lipinski definition) is 2.